The van der Waals surface area contributed by atoms with Gasteiger partial charge in [0.2, 0.25) is 0 Å². The standard InChI is InChI=1S/C12H21ClN4O/c1-8(14)11-7-17(4-5-18-11)6-10-9(2)15-16(3)12(10)13/h8,11H,4-7,14H2,1-3H3. The first-order valence-electron chi connectivity index (χ1n) is 6.26. The van der Waals surface area contributed by atoms with Crippen molar-refractivity contribution in [2.24, 2.45) is 12.8 Å². The molecular weight excluding hydrogens is 252 g/mol. The van der Waals surface area contributed by atoms with Gasteiger partial charge in [-0.05, 0) is 13.8 Å². The molecule has 0 aliphatic carbocycles. The third-order valence-corrected chi connectivity index (χ3v) is 3.89. The van der Waals surface area contributed by atoms with Gasteiger partial charge in [-0.1, -0.05) is 11.6 Å². The quantitative estimate of drug-likeness (QED) is 0.889. The van der Waals surface area contributed by atoms with Crippen molar-refractivity contribution >= 4 is 11.6 Å². The van der Waals surface area contributed by atoms with Crippen LogP contribution >= 0.6 is 11.6 Å². The van der Waals surface area contributed by atoms with Crippen LogP contribution in [0.5, 0.6) is 0 Å². The van der Waals surface area contributed by atoms with E-state index in [-0.39, 0.29) is 12.1 Å². The topological polar surface area (TPSA) is 56.3 Å². The molecule has 0 bridgehead atoms. The highest BCUT2D eigenvalue weighted by atomic mass is 35.5. The van der Waals surface area contributed by atoms with E-state index in [0.29, 0.717) is 0 Å². The Labute approximate surface area is 113 Å². The minimum absolute atomic E-state index is 0.0540. The Kier molecular flexibility index (Phi) is 4.27. The molecule has 2 heterocycles. The summed E-state index contributed by atoms with van der Waals surface area (Å²) in [5.74, 6) is 0. The molecule has 0 aromatic carbocycles. The highest BCUT2D eigenvalue weighted by Gasteiger charge is 2.25. The largest absolute Gasteiger partial charge is 0.374 e. The Bertz CT molecular complexity index is 418. The van der Waals surface area contributed by atoms with Crippen LogP contribution in [0.1, 0.15) is 18.2 Å². The van der Waals surface area contributed by atoms with Gasteiger partial charge in [0.1, 0.15) is 5.15 Å². The molecule has 1 fully saturated rings. The summed E-state index contributed by atoms with van der Waals surface area (Å²) in [4.78, 5) is 2.33. The summed E-state index contributed by atoms with van der Waals surface area (Å²) in [6.07, 6.45) is 0.106. The number of nitrogens with zero attached hydrogens (tertiary/aromatic N) is 3. The van der Waals surface area contributed by atoms with E-state index in [1.807, 2.05) is 20.9 Å². The van der Waals surface area contributed by atoms with Crippen LogP contribution in [0.25, 0.3) is 0 Å². The fourth-order valence-electron chi connectivity index (χ4n) is 2.27. The normalized spacial score (nSPS) is 23.3. The van der Waals surface area contributed by atoms with Crippen molar-refractivity contribution in [2.45, 2.75) is 32.5 Å². The van der Waals surface area contributed by atoms with Gasteiger partial charge in [-0.3, -0.25) is 9.58 Å². The van der Waals surface area contributed by atoms with Gasteiger partial charge in [0.15, 0.2) is 0 Å². The highest BCUT2D eigenvalue weighted by Crippen LogP contribution is 2.21. The van der Waals surface area contributed by atoms with Crippen molar-refractivity contribution in [3.05, 3.63) is 16.4 Å². The summed E-state index contributed by atoms with van der Waals surface area (Å²) in [7, 11) is 1.86. The zero-order valence-electron chi connectivity index (χ0n) is 11.2. The monoisotopic (exact) mass is 272 g/mol. The molecule has 102 valence electrons. The molecule has 2 N–H and O–H groups in total. The lowest BCUT2D eigenvalue weighted by molar-refractivity contribution is -0.0403. The van der Waals surface area contributed by atoms with Crippen LogP contribution in [0.4, 0.5) is 0 Å². The van der Waals surface area contributed by atoms with Crippen LogP contribution in [0, 0.1) is 6.92 Å². The van der Waals surface area contributed by atoms with Crippen LogP contribution < -0.4 is 5.73 Å². The van der Waals surface area contributed by atoms with Crippen molar-refractivity contribution in [3.8, 4) is 0 Å². The maximum Gasteiger partial charge on any atom is 0.131 e. The summed E-state index contributed by atoms with van der Waals surface area (Å²) in [5.41, 5.74) is 7.99. The fourth-order valence-corrected chi connectivity index (χ4v) is 2.50. The number of ether oxygens (including phenoxy) is 1. The van der Waals surface area contributed by atoms with Crippen LogP contribution in [0.2, 0.25) is 5.15 Å². The summed E-state index contributed by atoms with van der Waals surface area (Å²) in [5, 5.41) is 5.05. The zero-order chi connectivity index (χ0) is 13.3. The maximum absolute atomic E-state index is 6.25. The molecule has 0 saturated carbocycles. The van der Waals surface area contributed by atoms with Crippen LogP contribution in [0.15, 0.2) is 0 Å². The number of halogens is 1. The predicted octanol–water partition coefficient (Wildman–Crippen LogP) is 0.930. The third kappa shape index (κ3) is 2.85. The first-order valence-corrected chi connectivity index (χ1v) is 6.64. The Balaban J connectivity index is 2.05. The first kappa shape index (κ1) is 13.8. The number of aromatic nitrogens is 2. The van der Waals surface area contributed by atoms with Crippen LogP contribution in [-0.2, 0) is 18.3 Å². The highest BCUT2D eigenvalue weighted by molar-refractivity contribution is 6.30. The van der Waals surface area contributed by atoms with E-state index in [9.17, 15) is 0 Å². The van der Waals surface area contributed by atoms with E-state index < -0.39 is 0 Å². The lowest BCUT2D eigenvalue weighted by atomic mass is 10.1. The van der Waals surface area contributed by atoms with E-state index >= 15 is 0 Å². The van der Waals surface area contributed by atoms with E-state index in [1.54, 1.807) is 4.68 Å². The van der Waals surface area contributed by atoms with Crippen molar-refractivity contribution < 1.29 is 4.74 Å². The molecule has 0 amide bonds. The Morgan fingerprint density at radius 3 is 2.89 bits per heavy atom. The Hall–Kier alpha value is -0.620. The van der Waals surface area contributed by atoms with Crippen molar-refractivity contribution in [2.75, 3.05) is 19.7 Å². The Morgan fingerprint density at radius 1 is 1.61 bits per heavy atom. The van der Waals surface area contributed by atoms with E-state index in [4.69, 9.17) is 22.1 Å². The molecule has 5 nitrogen and oxygen atoms in total. The molecule has 0 radical (unpaired) electrons. The molecule has 6 heteroatoms. The average molecular weight is 273 g/mol. The average Bonchev–Trinajstić information content (AvgIpc) is 2.56. The second-order valence-corrected chi connectivity index (χ2v) is 5.34. The molecule has 18 heavy (non-hydrogen) atoms. The van der Waals surface area contributed by atoms with Gasteiger partial charge in [0.05, 0.1) is 18.4 Å². The molecular formula is C12H21ClN4O. The molecule has 0 spiro atoms. The van der Waals surface area contributed by atoms with Crippen LogP contribution in [-0.4, -0.2) is 46.5 Å². The second kappa shape index (κ2) is 5.57. The predicted molar refractivity (Wildman–Crippen MR) is 71.6 cm³/mol. The van der Waals surface area contributed by atoms with E-state index in [0.717, 1.165) is 42.7 Å². The molecule has 1 aromatic rings. The van der Waals surface area contributed by atoms with Gasteiger partial charge in [-0.25, -0.2) is 0 Å². The van der Waals surface area contributed by atoms with E-state index in [2.05, 4.69) is 10.00 Å². The minimum atomic E-state index is 0.0540. The molecule has 1 aliphatic heterocycles. The first-order chi connectivity index (χ1) is 8.49. The number of hydrogen-bond donors (Lipinski definition) is 1. The molecule has 2 atom stereocenters. The van der Waals surface area contributed by atoms with Crippen molar-refractivity contribution in [1.82, 2.24) is 14.7 Å². The van der Waals surface area contributed by atoms with Gasteiger partial charge >= 0.3 is 0 Å². The van der Waals surface area contributed by atoms with Gasteiger partial charge in [-0.15, -0.1) is 0 Å². The van der Waals surface area contributed by atoms with Crippen molar-refractivity contribution in [3.63, 3.8) is 0 Å². The molecule has 1 saturated heterocycles. The zero-order valence-corrected chi connectivity index (χ0v) is 11.9. The van der Waals surface area contributed by atoms with E-state index in [1.165, 1.54) is 0 Å². The summed E-state index contributed by atoms with van der Waals surface area (Å²) < 4.78 is 7.37. The number of nitrogens with two attached hydrogens (primary N) is 1. The molecule has 1 aliphatic rings. The number of rotatable bonds is 3. The van der Waals surface area contributed by atoms with Gasteiger partial charge in [0, 0.05) is 38.3 Å². The van der Waals surface area contributed by atoms with Gasteiger partial charge < -0.3 is 10.5 Å². The minimum Gasteiger partial charge on any atom is -0.374 e. The number of aryl methyl sites for hydroxylation is 2. The molecule has 2 unspecified atom stereocenters. The smallest absolute Gasteiger partial charge is 0.131 e. The second-order valence-electron chi connectivity index (χ2n) is 4.98. The fraction of sp³-hybridized carbons (Fsp3) is 0.750. The van der Waals surface area contributed by atoms with Crippen molar-refractivity contribution in [1.29, 1.82) is 0 Å². The number of morpholine rings is 1. The van der Waals surface area contributed by atoms with Gasteiger partial charge in [-0.2, -0.15) is 5.10 Å². The summed E-state index contributed by atoms with van der Waals surface area (Å²) in [6, 6.07) is 0.0540. The lowest BCUT2D eigenvalue weighted by Crippen LogP contribution is -2.49. The lowest BCUT2D eigenvalue weighted by Gasteiger charge is -2.34. The maximum atomic E-state index is 6.25. The summed E-state index contributed by atoms with van der Waals surface area (Å²) in [6.45, 7) is 7.27. The number of hydrogen-bond acceptors (Lipinski definition) is 4. The SMILES string of the molecule is Cc1nn(C)c(Cl)c1CN1CCOC(C(C)N)C1. The van der Waals surface area contributed by atoms with Crippen LogP contribution in [0.3, 0.4) is 0 Å². The molecule has 1 aromatic heterocycles. The van der Waals surface area contributed by atoms with Gasteiger partial charge in [0.25, 0.3) is 0 Å². The Morgan fingerprint density at radius 2 is 2.33 bits per heavy atom. The molecule has 2 rings (SSSR count). The third-order valence-electron chi connectivity index (χ3n) is 3.42. The summed E-state index contributed by atoms with van der Waals surface area (Å²) >= 11 is 6.25.